The molecule has 54 heavy (non-hydrogen) atoms. The van der Waals surface area contributed by atoms with Crippen molar-refractivity contribution < 1.29 is 0 Å². The molecule has 0 aliphatic heterocycles. The molecular weight excluding hydrogens is 720 g/mol. The maximum atomic E-state index is 7.36. The molecule has 276 valence electrons. The highest BCUT2D eigenvalue weighted by Gasteiger charge is 2.23. The normalized spacial score (nSPS) is 11.8. The average Bonchev–Trinajstić information content (AvgIpc) is 3.03. The summed E-state index contributed by atoms with van der Waals surface area (Å²) >= 11 is 14.7. The van der Waals surface area contributed by atoms with Gasteiger partial charge in [-0.3, -0.25) is 0 Å². The van der Waals surface area contributed by atoms with Gasteiger partial charge in [0, 0.05) is 22.3 Å². The Balaban J connectivity index is 1.66. The van der Waals surface area contributed by atoms with Gasteiger partial charge in [-0.05, 0) is 172 Å². The third kappa shape index (κ3) is 7.92. The van der Waals surface area contributed by atoms with E-state index in [-0.39, 0.29) is 0 Å². The van der Waals surface area contributed by atoms with Crippen LogP contribution in [0.1, 0.15) is 66.8 Å². The number of aryl methyl sites for hydroxylation is 12. The molecule has 0 saturated carbocycles. The fourth-order valence-corrected chi connectivity index (χ4v) is 10.1. The summed E-state index contributed by atoms with van der Waals surface area (Å²) < 4.78 is 5.25. The summed E-state index contributed by atoms with van der Waals surface area (Å²) in [7, 11) is 0. The van der Waals surface area contributed by atoms with E-state index in [4.69, 9.17) is 37.2 Å². The van der Waals surface area contributed by atoms with E-state index in [1.54, 1.807) is 0 Å². The van der Waals surface area contributed by atoms with Gasteiger partial charge in [-0.2, -0.15) is 0 Å². The molecule has 6 aromatic rings. The van der Waals surface area contributed by atoms with E-state index >= 15 is 0 Å². The molecule has 0 amide bonds. The molecule has 0 radical (unpaired) electrons. The summed E-state index contributed by atoms with van der Waals surface area (Å²) in [5.41, 5.74) is 24.1. The second-order valence-corrected chi connectivity index (χ2v) is 19.9. The summed E-state index contributed by atoms with van der Waals surface area (Å²) in [6, 6.07) is 30.4. The Morgan fingerprint density at radius 2 is 0.611 bits per heavy atom. The number of rotatable bonds is 7. The number of nitrogens with zero attached hydrogens (tertiary/aromatic N) is 3. The van der Waals surface area contributed by atoms with E-state index in [1.807, 2.05) is 0 Å². The molecule has 6 rings (SSSR count). The van der Waals surface area contributed by atoms with Gasteiger partial charge in [0.15, 0.2) is 0 Å². The van der Waals surface area contributed by atoms with Crippen LogP contribution in [-0.2, 0) is 0 Å². The molecule has 6 heteroatoms. The van der Waals surface area contributed by atoms with Crippen molar-refractivity contribution in [1.82, 2.24) is 0 Å². The fourth-order valence-electron chi connectivity index (χ4n) is 8.77. The molecule has 0 fully saturated rings. The molecule has 0 spiro atoms. The molecule has 0 aliphatic carbocycles. The minimum atomic E-state index is -3.46. The van der Waals surface area contributed by atoms with Crippen LogP contribution in [0, 0.1) is 83.1 Å². The third-order valence-corrected chi connectivity index (χ3v) is 11.9. The predicted molar refractivity (Wildman–Crippen MR) is 237 cm³/mol. The first-order valence-corrected chi connectivity index (χ1v) is 22.0. The Morgan fingerprint density at radius 3 is 0.870 bits per heavy atom. The van der Waals surface area contributed by atoms with Crippen molar-refractivity contribution in [1.29, 1.82) is 0 Å². The summed E-state index contributed by atoms with van der Waals surface area (Å²) in [6.07, 6.45) is 0. The third-order valence-electron chi connectivity index (χ3n) is 10.3. The SMILES string of the molecule is Cc1cc(C)c(-c2cccc(-c3c(C)cc(C)cc3C)c2N=NP(Cl)(Cl)=Nc2c(-c3c(C)cc(C)cc3C)cccc2-c2c(C)cc(C)cc2C)c(C)c1. The standard InChI is InChI=1S/C48H50Cl2N3P/c1-27-19-31(5)43(32(6)20-27)39-15-13-16-40(44-33(7)21-28(2)22-34(44)8)47(39)51-53-54(49,50)52-48-41(45-35(9)23-29(3)24-36(45)10)17-14-18-42(48)46-37(11)25-30(4)26-38(46)12/h13-26H,1-12H3. The van der Waals surface area contributed by atoms with Crippen molar-refractivity contribution in [3.8, 4) is 44.5 Å². The van der Waals surface area contributed by atoms with Gasteiger partial charge in [0.2, 0.25) is 0 Å². The minimum absolute atomic E-state index is 0.726. The summed E-state index contributed by atoms with van der Waals surface area (Å²) in [6.45, 7) is 25.8. The molecule has 0 bridgehead atoms. The molecule has 0 atom stereocenters. The number of halogens is 2. The van der Waals surface area contributed by atoms with Crippen LogP contribution in [0.4, 0.5) is 11.4 Å². The van der Waals surface area contributed by atoms with Gasteiger partial charge in [-0.15, -0.1) is 10.00 Å². The summed E-state index contributed by atoms with van der Waals surface area (Å²) in [5, 5.41) is 5.05. The van der Waals surface area contributed by atoms with Crippen molar-refractivity contribution in [3.63, 3.8) is 0 Å². The second kappa shape index (κ2) is 15.5. The van der Waals surface area contributed by atoms with Crippen molar-refractivity contribution in [2.75, 3.05) is 0 Å². The lowest BCUT2D eigenvalue weighted by molar-refractivity contribution is 1.27. The zero-order valence-electron chi connectivity index (χ0n) is 33.6. The monoisotopic (exact) mass is 769 g/mol. The molecule has 0 aliphatic rings. The maximum Gasteiger partial charge on any atom is 0.272 e. The predicted octanol–water partition coefficient (Wildman–Crippen LogP) is 16.9. The topological polar surface area (TPSA) is 37.1 Å². The highest BCUT2D eigenvalue weighted by molar-refractivity contribution is 8.09. The lowest BCUT2D eigenvalue weighted by atomic mass is 9.87. The van der Waals surface area contributed by atoms with E-state index in [0.29, 0.717) is 0 Å². The summed E-state index contributed by atoms with van der Waals surface area (Å²) in [5.74, 6) is -3.46. The molecule has 6 aromatic carbocycles. The van der Waals surface area contributed by atoms with Crippen LogP contribution < -0.4 is 0 Å². The lowest BCUT2D eigenvalue weighted by Crippen LogP contribution is -1.95. The Morgan fingerprint density at radius 1 is 0.370 bits per heavy atom. The fraction of sp³-hybridized carbons (Fsp3) is 0.250. The Bertz CT molecular complexity index is 2310. The highest BCUT2D eigenvalue weighted by atomic mass is 35.9. The Labute approximate surface area is 332 Å². The average molecular weight is 771 g/mol. The largest absolute Gasteiger partial charge is 0.272 e. The van der Waals surface area contributed by atoms with Crippen molar-refractivity contribution in [3.05, 3.63) is 152 Å². The minimum Gasteiger partial charge on any atom is -0.215 e. The van der Waals surface area contributed by atoms with Gasteiger partial charge < -0.3 is 0 Å². The van der Waals surface area contributed by atoms with E-state index in [0.717, 1.165) is 55.9 Å². The number of benzene rings is 6. The van der Waals surface area contributed by atoms with E-state index < -0.39 is 5.91 Å². The molecule has 3 nitrogen and oxygen atoms in total. The smallest absolute Gasteiger partial charge is 0.215 e. The Kier molecular flexibility index (Phi) is 11.3. The molecule has 0 unspecified atom stereocenters. The number of hydrogen-bond acceptors (Lipinski definition) is 2. The van der Waals surface area contributed by atoms with Crippen molar-refractivity contribution in [2.45, 2.75) is 83.1 Å². The zero-order valence-corrected chi connectivity index (χ0v) is 36.0. The van der Waals surface area contributed by atoms with Gasteiger partial charge in [0.25, 0.3) is 5.91 Å². The van der Waals surface area contributed by atoms with E-state index in [2.05, 4.69) is 168 Å². The quantitative estimate of drug-likeness (QED) is 0.115. The van der Waals surface area contributed by atoms with E-state index in [9.17, 15) is 0 Å². The number of hydrogen-bond donors (Lipinski definition) is 0. The van der Waals surface area contributed by atoms with Crippen LogP contribution >= 0.6 is 28.4 Å². The molecular formula is C48H50Cl2N3P. The highest BCUT2D eigenvalue weighted by Crippen LogP contribution is 2.66. The Hall–Kier alpha value is -4.27. The van der Waals surface area contributed by atoms with Gasteiger partial charge in [-0.25, -0.2) is 4.74 Å². The van der Waals surface area contributed by atoms with Crippen LogP contribution in [-0.4, -0.2) is 0 Å². The van der Waals surface area contributed by atoms with Gasteiger partial charge in [0.1, 0.15) is 5.69 Å². The van der Waals surface area contributed by atoms with Gasteiger partial charge >= 0.3 is 0 Å². The maximum absolute atomic E-state index is 7.36. The second-order valence-electron chi connectivity index (χ2n) is 15.2. The zero-order chi connectivity index (χ0) is 39.2. The molecule has 0 aromatic heterocycles. The molecule has 0 heterocycles. The van der Waals surface area contributed by atoms with Crippen LogP contribution in [0.3, 0.4) is 0 Å². The lowest BCUT2D eigenvalue weighted by Gasteiger charge is -2.20. The molecule has 0 N–H and O–H groups in total. The van der Waals surface area contributed by atoms with Crippen LogP contribution in [0.15, 0.2) is 99.7 Å². The first kappa shape index (κ1) is 39.4. The summed E-state index contributed by atoms with van der Waals surface area (Å²) in [4.78, 5) is 4.84. The molecule has 0 saturated heterocycles. The van der Waals surface area contributed by atoms with Crippen LogP contribution in [0.25, 0.3) is 44.5 Å². The van der Waals surface area contributed by atoms with Crippen molar-refractivity contribution in [2.24, 2.45) is 14.7 Å². The van der Waals surface area contributed by atoms with Gasteiger partial charge in [-0.1, -0.05) is 107 Å². The van der Waals surface area contributed by atoms with Crippen LogP contribution in [0.2, 0.25) is 0 Å². The van der Waals surface area contributed by atoms with Gasteiger partial charge in [0.05, 0.1) is 5.69 Å². The van der Waals surface area contributed by atoms with Crippen LogP contribution in [0.5, 0.6) is 0 Å². The van der Waals surface area contributed by atoms with E-state index in [1.165, 1.54) is 66.8 Å². The van der Waals surface area contributed by atoms with Crippen molar-refractivity contribution >= 4 is 39.8 Å². The first-order chi connectivity index (χ1) is 25.5. The first-order valence-electron chi connectivity index (χ1n) is 18.5.